The van der Waals surface area contributed by atoms with Crippen molar-refractivity contribution >= 4 is 17.7 Å². The maximum Gasteiger partial charge on any atom is 0.226 e. The van der Waals surface area contributed by atoms with Gasteiger partial charge in [0, 0.05) is 24.8 Å². The van der Waals surface area contributed by atoms with E-state index in [1.165, 1.54) is 76.6 Å². The van der Waals surface area contributed by atoms with Crippen molar-refractivity contribution in [3.63, 3.8) is 0 Å². The topological polar surface area (TPSA) is 23.6 Å². The number of hydrogen-bond acceptors (Lipinski definition) is 3. The SMILES string of the molecule is CCCCC1CCC(C(=O)N2CCCSCC2CN2CCCCC2)CC1. The first-order chi connectivity index (χ1) is 12.8. The summed E-state index contributed by atoms with van der Waals surface area (Å²) in [5.74, 6) is 4.09. The minimum absolute atomic E-state index is 0.319. The van der Waals surface area contributed by atoms with Crippen LogP contribution < -0.4 is 0 Å². The van der Waals surface area contributed by atoms with Crippen LogP contribution in [0.3, 0.4) is 0 Å². The number of rotatable bonds is 6. The van der Waals surface area contributed by atoms with Crippen molar-refractivity contribution in [2.75, 3.05) is 37.7 Å². The van der Waals surface area contributed by atoms with E-state index in [1.807, 2.05) is 0 Å². The van der Waals surface area contributed by atoms with Crippen LogP contribution in [0.1, 0.15) is 77.6 Å². The van der Waals surface area contributed by atoms with Crippen LogP contribution in [0, 0.1) is 11.8 Å². The molecule has 1 unspecified atom stereocenters. The maximum absolute atomic E-state index is 13.4. The molecule has 0 bridgehead atoms. The zero-order valence-corrected chi connectivity index (χ0v) is 17.8. The third-order valence-corrected chi connectivity index (χ3v) is 8.00. The molecule has 0 spiro atoms. The van der Waals surface area contributed by atoms with Gasteiger partial charge < -0.3 is 9.80 Å². The molecular formula is C22H40N2OS. The lowest BCUT2D eigenvalue weighted by atomic mass is 9.79. The molecule has 2 aliphatic heterocycles. The van der Waals surface area contributed by atoms with Crippen LogP contribution in [0.2, 0.25) is 0 Å². The lowest BCUT2D eigenvalue weighted by molar-refractivity contribution is -0.139. The first kappa shape index (κ1) is 20.5. The Balaban J connectivity index is 1.54. The lowest BCUT2D eigenvalue weighted by Crippen LogP contribution is -2.51. The molecule has 3 fully saturated rings. The van der Waals surface area contributed by atoms with Gasteiger partial charge in [-0.3, -0.25) is 4.79 Å². The van der Waals surface area contributed by atoms with Crippen LogP contribution in [0.15, 0.2) is 0 Å². The van der Waals surface area contributed by atoms with E-state index in [2.05, 4.69) is 28.5 Å². The van der Waals surface area contributed by atoms with Gasteiger partial charge in [0.1, 0.15) is 0 Å². The monoisotopic (exact) mass is 380 g/mol. The Kier molecular flexibility index (Phi) is 8.64. The zero-order valence-electron chi connectivity index (χ0n) is 17.0. The van der Waals surface area contributed by atoms with Gasteiger partial charge in [-0.2, -0.15) is 11.8 Å². The van der Waals surface area contributed by atoms with Crippen LogP contribution in [0.5, 0.6) is 0 Å². The average molecular weight is 381 g/mol. The second-order valence-corrected chi connectivity index (χ2v) is 9.98. The maximum atomic E-state index is 13.4. The van der Waals surface area contributed by atoms with E-state index in [0.29, 0.717) is 17.9 Å². The molecular weight excluding hydrogens is 340 g/mol. The summed E-state index contributed by atoms with van der Waals surface area (Å²) < 4.78 is 0. The molecule has 0 N–H and O–H groups in total. The van der Waals surface area contributed by atoms with Crippen molar-refractivity contribution < 1.29 is 4.79 Å². The van der Waals surface area contributed by atoms with Gasteiger partial charge in [0.2, 0.25) is 5.91 Å². The summed E-state index contributed by atoms with van der Waals surface area (Å²) in [7, 11) is 0. The minimum atomic E-state index is 0.319. The molecule has 2 saturated heterocycles. The fourth-order valence-corrected chi connectivity index (χ4v) is 6.19. The highest BCUT2D eigenvalue weighted by molar-refractivity contribution is 7.99. The third kappa shape index (κ3) is 5.89. The van der Waals surface area contributed by atoms with Gasteiger partial charge in [-0.15, -0.1) is 0 Å². The van der Waals surface area contributed by atoms with E-state index in [-0.39, 0.29) is 0 Å². The molecule has 1 aliphatic carbocycles. The van der Waals surface area contributed by atoms with Crippen LogP contribution >= 0.6 is 11.8 Å². The molecule has 26 heavy (non-hydrogen) atoms. The number of amides is 1. The Hall–Kier alpha value is -0.220. The largest absolute Gasteiger partial charge is 0.337 e. The molecule has 3 aliphatic rings. The highest BCUT2D eigenvalue weighted by Gasteiger charge is 2.34. The summed E-state index contributed by atoms with van der Waals surface area (Å²) in [5.41, 5.74) is 0. The zero-order chi connectivity index (χ0) is 18.2. The predicted molar refractivity (Wildman–Crippen MR) is 113 cm³/mol. The van der Waals surface area contributed by atoms with Crippen molar-refractivity contribution in [1.82, 2.24) is 9.80 Å². The van der Waals surface area contributed by atoms with E-state index in [0.717, 1.165) is 37.6 Å². The average Bonchev–Trinajstić information content (AvgIpc) is 2.92. The molecule has 0 aromatic heterocycles. The van der Waals surface area contributed by atoms with Gasteiger partial charge in [-0.25, -0.2) is 0 Å². The Morgan fingerprint density at radius 2 is 1.77 bits per heavy atom. The number of hydrogen-bond donors (Lipinski definition) is 0. The molecule has 1 saturated carbocycles. The van der Waals surface area contributed by atoms with Crippen molar-refractivity contribution in [3.05, 3.63) is 0 Å². The van der Waals surface area contributed by atoms with Gasteiger partial charge >= 0.3 is 0 Å². The highest BCUT2D eigenvalue weighted by atomic mass is 32.2. The highest BCUT2D eigenvalue weighted by Crippen LogP contribution is 2.34. The van der Waals surface area contributed by atoms with Crippen molar-refractivity contribution in [3.8, 4) is 0 Å². The number of likely N-dealkylation sites (tertiary alicyclic amines) is 1. The van der Waals surface area contributed by atoms with Gasteiger partial charge in [0.05, 0.1) is 6.04 Å². The molecule has 0 aromatic carbocycles. The van der Waals surface area contributed by atoms with Gasteiger partial charge in [-0.1, -0.05) is 32.6 Å². The van der Waals surface area contributed by atoms with Crippen LogP contribution in [-0.4, -0.2) is 59.4 Å². The summed E-state index contributed by atoms with van der Waals surface area (Å²) in [5, 5.41) is 0. The number of thioether (sulfide) groups is 1. The Morgan fingerprint density at radius 1 is 1.00 bits per heavy atom. The Bertz CT molecular complexity index is 416. The number of carbonyl (C=O) groups excluding carboxylic acids is 1. The lowest BCUT2D eigenvalue weighted by Gasteiger charge is -2.38. The number of carbonyl (C=O) groups is 1. The van der Waals surface area contributed by atoms with E-state index >= 15 is 0 Å². The van der Waals surface area contributed by atoms with Crippen molar-refractivity contribution in [1.29, 1.82) is 0 Å². The van der Waals surface area contributed by atoms with E-state index in [1.54, 1.807) is 0 Å². The molecule has 0 aromatic rings. The van der Waals surface area contributed by atoms with Crippen LogP contribution in [-0.2, 0) is 4.79 Å². The summed E-state index contributed by atoms with van der Waals surface area (Å²) in [4.78, 5) is 18.3. The van der Waals surface area contributed by atoms with Gasteiger partial charge in [0.25, 0.3) is 0 Å². The summed E-state index contributed by atoms with van der Waals surface area (Å²) in [6, 6.07) is 0.450. The Morgan fingerprint density at radius 3 is 2.50 bits per heavy atom. The number of piperidine rings is 1. The molecule has 3 nitrogen and oxygen atoms in total. The van der Waals surface area contributed by atoms with Crippen LogP contribution in [0.25, 0.3) is 0 Å². The molecule has 150 valence electrons. The normalized spacial score (nSPS) is 31.6. The number of unbranched alkanes of at least 4 members (excludes halogenated alkanes) is 1. The molecule has 1 atom stereocenters. The van der Waals surface area contributed by atoms with Crippen molar-refractivity contribution in [2.45, 2.75) is 83.6 Å². The standard InChI is InChI=1S/C22H40N2OS/c1-2-3-8-19-9-11-20(12-10-19)22(25)24-15-7-16-26-18-21(24)17-23-13-5-4-6-14-23/h19-21H,2-18H2,1H3. The van der Waals surface area contributed by atoms with E-state index in [9.17, 15) is 4.79 Å². The fraction of sp³-hybridized carbons (Fsp3) is 0.955. The van der Waals surface area contributed by atoms with Crippen LogP contribution in [0.4, 0.5) is 0 Å². The molecule has 3 rings (SSSR count). The molecule has 0 radical (unpaired) electrons. The van der Waals surface area contributed by atoms with Gasteiger partial charge in [0.15, 0.2) is 0 Å². The number of nitrogens with zero attached hydrogens (tertiary/aromatic N) is 2. The summed E-state index contributed by atoms with van der Waals surface area (Å²) in [6.07, 6.45) is 14.2. The first-order valence-electron chi connectivity index (χ1n) is 11.4. The van der Waals surface area contributed by atoms with Gasteiger partial charge in [-0.05, 0) is 69.7 Å². The van der Waals surface area contributed by atoms with E-state index < -0.39 is 0 Å². The second-order valence-electron chi connectivity index (χ2n) is 8.84. The molecule has 4 heteroatoms. The second kappa shape index (κ2) is 10.9. The fourth-order valence-electron chi connectivity index (χ4n) is 5.14. The summed E-state index contributed by atoms with van der Waals surface area (Å²) in [6.45, 7) is 6.89. The smallest absolute Gasteiger partial charge is 0.226 e. The Labute approximate surface area is 165 Å². The van der Waals surface area contributed by atoms with Crippen molar-refractivity contribution in [2.24, 2.45) is 11.8 Å². The first-order valence-corrected chi connectivity index (χ1v) is 12.5. The summed E-state index contributed by atoms with van der Waals surface area (Å²) >= 11 is 2.07. The third-order valence-electron chi connectivity index (χ3n) is 6.80. The molecule has 1 amide bonds. The molecule has 2 heterocycles. The minimum Gasteiger partial charge on any atom is -0.337 e. The van der Waals surface area contributed by atoms with E-state index in [4.69, 9.17) is 0 Å². The predicted octanol–water partition coefficient (Wildman–Crippen LogP) is 4.80. The quantitative estimate of drug-likeness (QED) is 0.661.